The third-order valence-corrected chi connectivity index (χ3v) is 2.88. The van der Waals surface area contributed by atoms with E-state index in [2.05, 4.69) is 12.0 Å². The Labute approximate surface area is 102 Å². The minimum absolute atomic E-state index is 0.0832. The predicted octanol–water partition coefficient (Wildman–Crippen LogP) is 2.23. The molecule has 16 heavy (non-hydrogen) atoms. The van der Waals surface area contributed by atoms with E-state index in [1.807, 2.05) is 11.6 Å². The van der Waals surface area contributed by atoms with Crippen molar-refractivity contribution in [1.29, 1.82) is 0 Å². The molecule has 0 aliphatic heterocycles. The van der Waals surface area contributed by atoms with Crippen molar-refractivity contribution in [3.63, 3.8) is 0 Å². The predicted molar refractivity (Wildman–Crippen MR) is 65.5 cm³/mol. The summed E-state index contributed by atoms with van der Waals surface area (Å²) in [5, 5.41) is 4.83. The third-order valence-electron chi connectivity index (χ3n) is 2.59. The van der Waals surface area contributed by atoms with Gasteiger partial charge in [0, 0.05) is 26.3 Å². The summed E-state index contributed by atoms with van der Waals surface area (Å²) in [6, 6.07) is -0.0832. The Bertz CT molecular complexity index is 327. The summed E-state index contributed by atoms with van der Waals surface area (Å²) in [6.07, 6.45) is 2.50. The molecule has 5 heteroatoms. The lowest BCUT2D eigenvalue weighted by molar-refractivity contribution is 0.151. The maximum Gasteiger partial charge on any atom is 0.0834 e. The lowest BCUT2D eigenvalue weighted by Crippen LogP contribution is -2.20. The molecule has 0 aliphatic carbocycles. The molecular weight excluding hydrogens is 226 g/mol. The second-order valence-electron chi connectivity index (χ2n) is 4.10. The van der Waals surface area contributed by atoms with Crippen LogP contribution in [-0.4, -0.2) is 23.5 Å². The van der Waals surface area contributed by atoms with E-state index in [-0.39, 0.29) is 6.04 Å². The highest BCUT2D eigenvalue weighted by atomic mass is 35.5. The van der Waals surface area contributed by atoms with Crippen LogP contribution in [0.1, 0.15) is 32.0 Å². The van der Waals surface area contributed by atoms with E-state index < -0.39 is 0 Å². The highest BCUT2D eigenvalue weighted by molar-refractivity contribution is 6.31. The summed E-state index contributed by atoms with van der Waals surface area (Å²) in [4.78, 5) is 0. The number of halogens is 1. The van der Waals surface area contributed by atoms with E-state index in [0.717, 1.165) is 18.7 Å². The Kier molecular flexibility index (Phi) is 5.25. The number of aryl methyl sites for hydroxylation is 1. The van der Waals surface area contributed by atoms with Gasteiger partial charge in [-0.25, -0.2) is 0 Å². The summed E-state index contributed by atoms with van der Waals surface area (Å²) >= 11 is 6.08. The Balaban J connectivity index is 2.71. The largest absolute Gasteiger partial charge is 0.384 e. The smallest absolute Gasteiger partial charge is 0.0834 e. The lowest BCUT2D eigenvalue weighted by atomic mass is 10.0. The van der Waals surface area contributed by atoms with E-state index in [0.29, 0.717) is 17.5 Å². The molecule has 0 spiro atoms. The van der Waals surface area contributed by atoms with Gasteiger partial charge < -0.3 is 10.5 Å². The van der Waals surface area contributed by atoms with Crippen LogP contribution in [0.15, 0.2) is 6.20 Å². The van der Waals surface area contributed by atoms with Gasteiger partial charge in [0.1, 0.15) is 0 Å². The third kappa shape index (κ3) is 3.20. The highest BCUT2D eigenvalue weighted by Gasteiger charge is 2.18. The molecule has 0 amide bonds. The van der Waals surface area contributed by atoms with E-state index >= 15 is 0 Å². The fraction of sp³-hybridized carbons (Fsp3) is 0.727. The molecular formula is C11H20ClN3O. The fourth-order valence-electron chi connectivity index (χ4n) is 1.89. The first-order chi connectivity index (χ1) is 7.60. The maximum atomic E-state index is 6.15. The van der Waals surface area contributed by atoms with Gasteiger partial charge in [-0.3, -0.25) is 4.68 Å². The summed E-state index contributed by atoms with van der Waals surface area (Å²) in [5.41, 5.74) is 7.07. The van der Waals surface area contributed by atoms with Gasteiger partial charge in [0.05, 0.1) is 16.9 Å². The van der Waals surface area contributed by atoms with Gasteiger partial charge in [-0.2, -0.15) is 5.10 Å². The molecule has 1 heterocycles. The first-order valence-corrected chi connectivity index (χ1v) is 5.93. The monoisotopic (exact) mass is 245 g/mol. The number of ether oxygens (including phenoxy) is 1. The number of nitrogens with zero attached hydrogens (tertiary/aromatic N) is 2. The summed E-state index contributed by atoms with van der Waals surface area (Å²) in [5.74, 6) is 0.413. The quantitative estimate of drug-likeness (QED) is 0.836. The Hall–Kier alpha value is -0.580. The van der Waals surface area contributed by atoms with Crippen LogP contribution in [0.2, 0.25) is 5.02 Å². The standard InChI is InChI=1S/C11H20ClN3O/c1-4-15-11(9(12)6-14-15)10(13)5-8(2)7-16-3/h6,8,10H,4-5,7,13H2,1-3H3. The zero-order valence-electron chi connectivity index (χ0n) is 10.1. The summed E-state index contributed by atoms with van der Waals surface area (Å²) in [6.45, 7) is 5.64. The van der Waals surface area contributed by atoms with Gasteiger partial charge >= 0.3 is 0 Å². The Morgan fingerprint density at radius 2 is 2.31 bits per heavy atom. The van der Waals surface area contributed by atoms with Crippen LogP contribution in [0.3, 0.4) is 0 Å². The fourth-order valence-corrected chi connectivity index (χ4v) is 2.17. The molecule has 2 atom stereocenters. The number of aromatic nitrogens is 2. The zero-order valence-corrected chi connectivity index (χ0v) is 10.9. The molecule has 0 saturated heterocycles. The molecule has 0 aromatic carbocycles. The van der Waals surface area contributed by atoms with Gasteiger partial charge in [0.15, 0.2) is 0 Å². The zero-order chi connectivity index (χ0) is 12.1. The molecule has 0 radical (unpaired) electrons. The summed E-state index contributed by atoms with van der Waals surface area (Å²) < 4.78 is 6.95. The van der Waals surface area contributed by atoms with Crippen molar-refractivity contribution in [2.75, 3.05) is 13.7 Å². The lowest BCUT2D eigenvalue weighted by Gasteiger charge is -2.18. The molecule has 1 aromatic heterocycles. The molecule has 0 bridgehead atoms. The van der Waals surface area contributed by atoms with Gasteiger partial charge in [0.25, 0.3) is 0 Å². The van der Waals surface area contributed by atoms with Crippen LogP contribution in [0.25, 0.3) is 0 Å². The van der Waals surface area contributed by atoms with Crippen LogP contribution >= 0.6 is 11.6 Å². The topological polar surface area (TPSA) is 53.1 Å². The van der Waals surface area contributed by atoms with Crippen LogP contribution in [0, 0.1) is 5.92 Å². The van der Waals surface area contributed by atoms with E-state index in [1.54, 1.807) is 13.3 Å². The molecule has 2 N–H and O–H groups in total. The molecule has 4 nitrogen and oxygen atoms in total. The van der Waals surface area contributed by atoms with E-state index in [4.69, 9.17) is 22.1 Å². The molecule has 1 aromatic rings. The number of nitrogens with two attached hydrogens (primary N) is 1. The summed E-state index contributed by atoms with van der Waals surface area (Å²) in [7, 11) is 1.70. The van der Waals surface area contributed by atoms with E-state index in [9.17, 15) is 0 Å². The average Bonchev–Trinajstić information content (AvgIpc) is 2.59. The van der Waals surface area contributed by atoms with Gasteiger partial charge in [-0.15, -0.1) is 0 Å². The first kappa shape index (κ1) is 13.5. The van der Waals surface area contributed by atoms with Gasteiger partial charge in [-0.05, 0) is 19.3 Å². The molecule has 0 aliphatic rings. The molecule has 2 unspecified atom stereocenters. The highest BCUT2D eigenvalue weighted by Crippen LogP contribution is 2.25. The van der Waals surface area contributed by atoms with Crippen LogP contribution in [-0.2, 0) is 11.3 Å². The number of rotatable bonds is 6. The van der Waals surface area contributed by atoms with E-state index in [1.165, 1.54) is 0 Å². The Morgan fingerprint density at radius 3 is 2.88 bits per heavy atom. The number of hydrogen-bond acceptors (Lipinski definition) is 3. The maximum absolute atomic E-state index is 6.15. The molecule has 1 rings (SSSR count). The SMILES string of the molecule is CCn1ncc(Cl)c1C(N)CC(C)COC. The van der Waals surface area contributed by atoms with Crippen molar-refractivity contribution in [2.24, 2.45) is 11.7 Å². The van der Waals surface area contributed by atoms with Crippen LogP contribution < -0.4 is 5.73 Å². The minimum atomic E-state index is -0.0832. The van der Waals surface area contributed by atoms with Crippen molar-refractivity contribution in [3.8, 4) is 0 Å². The van der Waals surface area contributed by atoms with Crippen LogP contribution in [0.5, 0.6) is 0 Å². The van der Waals surface area contributed by atoms with Crippen molar-refractivity contribution in [2.45, 2.75) is 32.9 Å². The second kappa shape index (κ2) is 6.23. The minimum Gasteiger partial charge on any atom is -0.384 e. The number of hydrogen-bond donors (Lipinski definition) is 1. The molecule has 0 fully saturated rings. The van der Waals surface area contributed by atoms with Crippen molar-refractivity contribution in [3.05, 3.63) is 16.9 Å². The number of methoxy groups -OCH3 is 1. The average molecular weight is 246 g/mol. The molecule has 0 saturated carbocycles. The Morgan fingerprint density at radius 1 is 1.62 bits per heavy atom. The molecule has 92 valence electrons. The van der Waals surface area contributed by atoms with Crippen molar-refractivity contribution >= 4 is 11.6 Å². The van der Waals surface area contributed by atoms with Gasteiger partial charge in [0.2, 0.25) is 0 Å². The van der Waals surface area contributed by atoms with Gasteiger partial charge in [-0.1, -0.05) is 18.5 Å². The van der Waals surface area contributed by atoms with Crippen LogP contribution in [0.4, 0.5) is 0 Å². The van der Waals surface area contributed by atoms with Crippen molar-refractivity contribution in [1.82, 2.24) is 9.78 Å². The second-order valence-corrected chi connectivity index (χ2v) is 4.50. The normalized spacial score (nSPS) is 15.1. The first-order valence-electron chi connectivity index (χ1n) is 5.55. The van der Waals surface area contributed by atoms with Crippen molar-refractivity contribution < 1.29 is 4.74 Å².